The van der Waals surface area contributed by atoms with Crippen LogP contribution in [-0.4, -0.2) is 6.61 Å². The molecule has 0 heterocycles. The Labute approximate surface area is 60.3 Å². The van der Waals surface area contributed by atoms with Crippen molar-refractivity contribution in [2.24, 2.45) is 0 Å². The second-order valence-corrected chi connectivity index (χ2v) is 2.28. The monoisotopic (exact) mass is 152 g/mol. The molecule has 56 valence electrons. The molecule has 0 rings (SSSR count). The van der Waals surface area contributed by atoms with Crippen molar-refractivity contribution in [1.82, 2.24) is 0 Å². The highest BCUT2D eigenvalue weighted by Gasteiger charge is 1.91. The van der Waals surface area contributed by atoms with E-state index >= 15 is 0 Å². The molecule has 0 unspecified atom stereocenters. The van der Waals surface area contributed by atoms with E-state index in [1.807, 2.05) is 0 Å². The van der Waals surface area contributed by atoms with Crippen LogP contribution in [0.1, 0.15) is 32.6 Å². The summed E-state index contributed by atoms with van der Waals surface area (Å²) in [7, 11) is 0. The molecule has 0 radical (unpaired) electrons. The van der Waals surface area contributed by atoms with E-state index in [4.69, 9.17) is 0 Å². The first-order valence-corrected chi connectivity index (χ1v) is 3.92. The van der Waals surface area contributed by atoms with Gasteiger partial charge in [-0.2, -0.15) is 0 Å². The van der Waals surface area contributed by atoms with E-state index in [1.54, 1.807) is 0 Å². The van der Waals surface area contributed by atoms with Crippen LogP contribution >= 0.6 is 0 Å². The Bertz CT molecular complexity index is 44.3. The molecule has 0 aliphatic carbocycles. The van der Waals surface area contributed by atoms with E-state index < -0.39 is 0 Å². The summed E-state index contributed by atoms with van der Waals surface area (Å²) in [6, 6.07) is 0. The van der Waals surface area contributed by atoms with E-state index in [2.05, 4.69) is 11.2 Å². The van der Waals surface area contributed by atoms with Crippen LogP contribution in [0.3, 0.4) is 0 Å². The van der Waals surface area contributed by atoms with Gasteiger partial charge in [0, 0.05) is 0 Å². The zero-order chi connectivity index (χ0) is 6.95. The summed E-state index contributed by atoms with van der Waals surface area (Å²) in [5, 5.41) is 0. The number of halogens is 1. The molecule has 0 amide bonds. The van der Waals surface area contributed by atoms with Crippen LogP contribution in [0.2, 0.25) is 0 Å². The van der Waals surface area contributed by atoms with Gasteiger partial charge in [0.15, 0.2) is 0 Å². The third-order valence-corrected chi connectivity index (χ3v) is 1.36. The topological polar surface area (TPSA) is 32.3 Å². The molecule has 3 heteroatoms. The third kappa shape index (κ3) is 8.21. The maximum Gasteiger partial charge on any atom is 0.330 e. The highest BCUT2D eigenvalue weighted by atomic mass is 35.6. The van der Waals surface area contributed by atoms with Gasteiger partial charge >= 0.3 is 11.3 Å². The Hall–Kier alpha value is 0.210. The van der Waals surface area contributed by atoms with Gasteiger partial charge in [-0.05, 0) is 6.42 Å². The lowest BCUT2D eigenvalue weighted by Gasteiger charge is -1.92. The van der Waals surface area contributed by atoms with E-state index in [-0.39, 0.29) is 0 Å². The number of hydrogen-bond acceptors (Lipinski definition) is 2. The maximum absolute atomic E-state index is 9.60. The van der Waals surface area contributed by atoms with Crippen LogP contribution < -0.4 is 4.66 Å². The third-order valence-electron chi connectivity index (χ3n) is 1.12. The predicted molar refractivity (Wildman–Crippen MR) is 30.1 cm³/mol. The molecule has 0 saturated heterocycles. The van der Waals surface area contributed by atoms with E-state index in [1.165, 1.54) is 19.3 Å². The molecule has 9 heavy (non-hydrogen) atoms. The highest BCUT2D eigenvalue weighted by Crippen LogP contribution is 1.98. The predicted octanol–water partition coefficient (Wildman–Crippen LogP) is 0.859. The lowest BCUT2D eigenvalue weighted by molar-refractivity contribution is -1.27. The van der Waals surface area contributed by atoms with Gasteiger partial charge in [-0.1, -0.05) is 26.2 Å². The number of rotatable bonds is 6. The maximum atomic E-state index is 9.60. The fraction of sp³-hybridized carbons (Fsp3) is 1.00. The number of hydrogen-bond donors (Lipinski definition) is 0. The first-order valence-electron chi connectivity index (χ1n) is 3.30. The summed E-state index contributed by atoms with van der Waals surface area (Å²) in [5.74, 6) is 0. The van der Waals surface area contributed by atoms with Gasteiger partial charge in [0.05, 0.1) is 0 Å². The van der Waals surface area contributed by atoms with E-state index in [0.717, 1.165) is 6.42 Å². The smallest absolute Gasteiger partial charge is 0.330 e. The van der Waals surface area contributed by atoms with Crippen molar-refractivity contribution in [2.75, 3.05) is 6.61 Å². The molecule has 0 aromatic rings. The average molecular weight is 153 g/mol. The lowest BCUT2D eigenvalue weighted by atomic mass is 10.2. The first kappa shape index (κ1) is 9.21. The van der Waals surface area contributed by atoms with Crippen molar-refractivity contribution < 1.29 is 20.3 Å². The number of unbranched alkanes of at least 4 members (excludes halogenated alkanes) is 3. The standard InChI is InChI=1S/C6H13ClO2/c1-2-3-4-5-6-9-7-8/h2-6H2,1H3. The molecule has 0 bridgehead atoms. The fourth-order valence-electron chi connectivity index (χ4n) is 0.615. The van der Waals surface area contributed by atoms with Gasteiger partial charge in [-0.25, -0.2) is 0 Å². The summed E-state index contributed by atoms with van der Waals surface area (Å²) in [4.78, 5) is 0. The summed E-state index contributed by atoms with van der Waals surface area (Å²) in [5.41, 5.74) is 0. The van der Waals surface area contributed by atoms with Crippen molar-refractivity contribution in [1.29, 1.82) is 0 Å². The summed E-state index contributed by atoms with van der Waals surface area (Å²) in [6.07, 6.45) is 4.63. The minimum absolute atomic E-state index is 0.581. The van der Waals surface area contributed by atoms with Crippen molar-refractivity contribution in [3.05, 3.63) is 0 Å². The Morgan fingerprint density at radius 3 is 2.67 bits per heavy atom. The second-order valence-electron chi connectivity index (χ2n) is 1.94. The average Bonchev–Trinajstić information content (AvgIpc) is 1.89. The van der Waals surface area contributed by atoms with Crippen molar-refractivity contribution >= 4 is 0 Å². The van der Waals surface area contributed by atoms with Crippen LogP contribution in [0.15, 0.2) is 0 Å². The van der Waals surface area contributed by atoms with Crippen LogP contribution in [0.4, 0.5) is 0 Å². The Kier molecular flexibility index (Phi) is 8.40. The van der Waals surface area contributed by atoms with Crippen molar-refractivity contribution in [2.45, 2.75) is 32.6 Å². The van der Waals surface area contributed by atoms with Gasteiger partial charge in [0.25, 0.3) is 0 Å². The zero-order valence-corrected chi connectivity index (χ0v) is 6.49. The summed E-state index contributed by atoms with van der Waals surface area (Å²) < 4.78 is 14.1. The van der Waals surface area contributed by atoms with Crippen molar-refractivity contribution in [3.63, 3.8) is 0 Å². The quantitative estimate of drug-likeness (QED) is 0.529. The molecule has 0 spiro atoms. The largest absolute Gasteiger partial charge is 0.506 e. The molecular formula is C6H13ClO2. The SMILES string of the molecule is CCCCCCO[Cl+][O-]. The molecule has 0 N–H and O–H groups in total. The van der Waals surface area contributed by atoms with Gasteiger partial charge in [0.1, 0.15) is 6.61 Å². The Morgan fingerprint density at radius 1 is 1.33 bits per heavy atom. The van der Waals surface area contributed by atoms with Crippen LogP contribution in [0.5, 0.6) is 0 Å². The summed E-state index contributed by atoms with van der Waals surface area (Å²) >= 11 is 0.605. The molecule has 0 aromatic heterocycles. The molecule has 0 fully saturated rings. The lowest BCUT2D eigenvalue weighted by Crippen LogP contribution is -2.04. The molecular weight excluding hydrogens is 140 g/mol. The van der Waals surface area contributed by atoms with E-state index in [9.17, 15) is 4.66 Å². The van der Waals surface area contributed by atoms with Gasteiger partial charge in [-0.3, -0.25) is 0 Å². The Balaban J connectivity index is 2.60. The highest BCUT2D eigenvalue weighted by molar-refractivity contribution is 4.36. The summed E-state index contributed by atoms with van der Waals surface area (Å²) in [6.45, 7) is 2.73. The molecule has 0 atom stereocenters. The first-order chi connectivity index (χ1) is 4.41. The van der Waals surface area contributed by atoms with Crippen LogP contribution in [0.25, 0.3) is 0 Å². The molecule has 0 saturated carbocycles. The van der Waals surface area contributed by atoms with Crippen LogP contribution in [-0.2, 0) is 4.29 Å². The van der Waals surface area contributed by atoms with Crippen molar-refractivity contribution in [3.8, 4) is 0 Å². The molecule has 0 aliphatic rings. The van der Waals surface area contributed by atoms with Crippen LogP contribution in [0, 0.1) is 11.3 Å². The van der Waals surface area contributed by atoms with E-state index in [0.29, 0.717) is 17.9 Å². The minimum atomic E-state index is 0.581. The normalized spacial score (nSPS) is 10.0. The van der Waals surface area contributed by atoms with Gasteiger partial charge < -0.3 is 4.66 Å². The molecule has 2 nitrogen and oxygen atoms in total. The molecule has 0 aliphatic heterocycles. The van der Waals surface area contributed by atoms with Gasteiger partial charge in [-0.15, -0.1) is 4.29 Å². The minimum Gasteiger partial charge on any atom is -0.506 e. The fourth-order valence-corrected chi connectivity index (χ4v) is 0.787. The zero-order valence-electron chi connectivity index (χ0n) is 5.73. The van der Waals surface area contributed by atoms with Gasteiger partial charge in [0.2, 0.25) is 0 Å². The Morgan fingerprint density at radius 2 is 2.11 bits per heavy atom. The molecule has 0 aromatic carbocycles. The second kappa shape index (κ2) is 8.21.